The summed E-state index contributed by atoms with van der Waals surface area (Å²) in [5.41, 5.74) is 5.51. The van der Waals surface area contributed by atoms with Crippen LogP contribution in [-0.2, 0) is 24.2 Å². The summed E-state index contributed by atoms with van der Waals surface area (Å²) in [5.74, 6) is 0.614. The first-order chi connectivity index (χ1) is 14.2. The lowest BCUT2D eigenvalue weighted by molar-refractivity contribution is -0.123. The summed E-state index contributed by atoms with van der Waals surface area (Å²) in [6, 6.07) is 13.6. The number of carbonyl (C=O) groups is 1. The molecule has 0 radical (unpaired) electrons. The van der Waals surface area contributed by atoms with E-state index in [1.165, 1.54) is 24.1 Å². The Hall–Kier alpha value is -3.15. The Bertz CT molecular complexity index is 982. The smallest absolute Gasteiger partial charge is 0.258 e. The minimum Gasteiger partial charge on any atom is -0.484 e. The van der Waals surface area contributed by atoms with Crippen molar-refractivity contribution in [1.29, 1.82) is 0 Å². The number of para-hydroxylation sites is 1. The van der Waals surface area contributed by atoms with E-state index in [2.05, 4.69) is 10.3 Å². The molecule has 0 unspecified atom stereocenters. The van der Waals surface area contributed by atoms with Gasteiger partial charge in [0.05, 0.1) is 12.2 Å². The number of nitrogens with one attached hydrogen (secondary N) is 1. The molecule has 1 amide bonds. The molecule has 1 aliphatic rings. The first-order valence-electron chi connectivity index (χ1n) is 10.2. The molecule has 4 rings (SSSR count). The molecule has 1 aliphatic carbocycles. The predicted molar refractivity (Wildman–Crippen MR) is 112 cm³/mol. The van der Waals surface area contributed by atoms with Crippen LogP contribution in [0.4, 0.5) is 0 Å². The Morgan fingerprint density at radius 2 is 1.97 bits per heavy atom. The van der Waals surface area contributed by atoms with E-state index in [0.717, 1.165) is 35.5 Å². The van der Waals surface area contributed by atoms with Crippen LogP contribution in [0, 0.1) is 6.92 Å². The molecule has 0 aliphatic heterocycles. The molecular weight excluding hydrogens is 364 g/mol. The van der Waals surface area contributed by atoms with Gasteiger partial charge in [0.1, 0.15) is 11.4 Å². The van der Waals surface area contributed by atoms with Gasteiger partial charge in [-0.25, -0.2) is 0 Å². The fraction of sp³-hybridized carbons (Fsp3) is 0.348. The van der Waals surface area contributed by atoms with Gasteiger partial charge in [-0.1, -0.05) is 24.3 Å². The Labute approximate surface area is 170 Å². The number of ether oxygens (including phenoxy) is 1. The van der Waals surface area contributed by atoms with Gasteiger partial charge in [0.15, 0.2) is 6.61 Å². The van der Waals surface area contributed by atoms with Crippen molar-refractivity contribution < 1.29 is 9.53 Å². The lowest BCUT2D eigenvalue weighted by Crippen LogP contribution is -2.32. The summed E-state index contributed by atoms with van der Waals surface area (Å²) in [7, 11) is 0. The number of hydrogen-bond acceptors (Lipinski definition) is 4. The van der Waals surface area contributed by atoms with Crippen LogP contribution in [0.1, 0.15) is 29.7 Å². The molecule has 6 nitrogen and oxygen atoms in total. The number of amides is 1. The van der Waals surface area contributed by atoms with Crippen molar-refractivity contribution in [2.45, 2.75) is 39.2 Å². The van der Waals surface area contributed by atoms with Gasteiger partial charge in [0, 0.05) is 24.0 Å². The van der Waals surface area contributed by atoms with Crippen molar-refractivity contribution in [3.8, 4) is 17.1 Å². The first-order valence-corrected chi connectivity index (χ1v) is 10.2. The van der Waals surface area contributed by atoms with Crippen molar-refractivity contribution in [2.75, 3.05) is 13.2 Å². The van der Waals surface area contributed by atoms with E-state index < -0.39 is 0 Å². The van der Waals surface area contributed by atoms with Gasteiger partial charge in [-0.2, -0.15) is 5.10 Å². The fourth-order valence-electron chi connectivity index (χ4n) is 3.78. The van der Waals surface area contributed by atoms with Crippen LogP contribution < -0.4 is 10.1 Å². The molecule has 1 aromatic carbocycles. The molecule has 0 spiro atoms. The standard InChI is InChI=1S/C23H26N4O2/c1-17-8-2-5-12-21(17)29-16-22(28)25-14-15-27-20-11-4-3-9-18(20)23(26-27)19-10-6-7-13-24-19/h2,5-8,10,12-13H,3-4,9,11,14-16H2,1H3,(H,25,28). The van der Waals surface area contributed by atoms with Crippen molar-refractivity contribution in [1.82, 2.24) is 20.1 Å². The van der Waals surface area contributed by atoms with Crippen molar-refractivity contribution in [3.63, 3.8) is 0 Å². The normalized spacial score (nSPS) is 13.0. The molecule has 6 heteroatoms. The first kappa shape index (κ1) is 19.2. The zero-order valence-corrected chi connectivity index (χ0v) is 16.7. The van der Waals surface area contributed by atoms with E-state index in [0.29, 0.717) is 13.1 Å². The van der Waals surface area contributed by atoms with Gasteiger partial charge in [-0.3, -0.25) is 14.5 Å². The van der Waals surface area contributed by atoms with Crippen LogP contribution >= 0.6 is 0 Å². The third-order valence-electron chi connectivity index (χ3n) is 5.26. The Morgan fingerprint density at radius 3 is 2.79 bits per heavy atom. The maximum atomic E-state index is 12.2. The molecule has 150 valence electrons. The zero-order chi connectivity index (χ0) is 20.1. The number of pyridine rings is 1. The zero-order valence-electron chi connectivity index (χ0n) is 16.7. The van der Waals surface area contributed by atoms with E-state index >= 15 is 0 Å². The number of fused-ring (bicyclic) bond motifs is 1. The highest BCUT2D eigenvalue weighted by atomic mass is 16.5. The number of carbonyl (C=O) groups excluding carboxylic acids is 1. The van der Waals surface area contributed by atoms with E-state index in [1.807, 2.05) is 54.1 Å². The molecule has 1 N–H and O–H groups in total. The molecule has 0 fully saturated rings. The average molecular weight is 390 g/mol. The average Bonchev–Trinajstić information content (AvgIpc) is 3.13. The number of aromatic nitrogens is 3. The number of hydrogen-bond donors (Lipinski definition) is 1. The van der Waals surface area contributed by atoms with E-state index in [1.54, 1.807) is 6.20 Å². The summed E-state index contributed by atoms with van der Waals surface area (Å²) in [6.45, 7) is 3.14. The minimum absolute atomic E-state index is 0.0151. The summed E-state index contributed by atoms with van der Waals surface area (Å²) in [6.07, 6.45) is 6.23. The second-order valence-corrected chi connectivity index (χ2v) is 7.32. The molecule has 29 heavy (non-hydrogen) atoms. The van der Waals surface area contributed by atoms with Gasteiger partial charge in [0.2, 0.25) is 0 Å². The van der Waals surface area contributed by atoms with Crippen molar-refractivity contribution >= 4 is 5.91 Å². The van der Waals surface area contributed by atoms with Crippen molar-refractivity contribution in [3.05, 3.63) is 65.5 Å². The van der Waals surface area contributed by atoms with Gasteiger partial charge >= 0.3 is 0 Å². The highest BCUT2D eigenvalue weighted by Gasteiger charge is 2.22. The second-order valence-electron chi connectivity index (χ2n) is 7.32. The molecular formula is C23H26N4O2. The van der Waals surface area contributed by atoms with Crippen LogP contribution in [0.25, 0.3) is 11.4 Å². The highest BCUT2D eigenvalue weighted by molar-refractivity contribution is 5.77. The molecule has 0 saturated carbocycles. The fourth-order valence-corrected chi connectivity index (χ4v) is 3.78. The SMILES string of the molecule is Cc1ccccc1OCC(=O)NCCn1nc(-c2ccccn2)c2c1CCCC2. The molecule has 3 aromatic rings. The Balaban J connectivity index is 1.37. The largest absolute Gasteiger partial charge is 0.484 e. The Morgan fingerprint density at radius 1 is 1.14 bits per heavy atom. The lowest BCUT2D eigenvalue weighted by Gasteiger charge is -2.14. The van der Waals surface area contributed by atoms with Crippen LogP contribution in [0.3, 0.4) is 0 Å². The van der Waals surface area contributed by atoms with Gasteiger partial charge in [0.25, 0.3) is 5.91 Å². The third kappa shape index (κ3) is 4.47. The summed E-state index contributed by atoms with van der Waals surface area (Å²) < 4.78 is 7.65. The van der Waals surface area contributed by atoms with Crippen LogP contribution in [0.5, 0.6) is 5.75 Å². The predicted octanol–water partition coefficient (Wildman–Crippen LogP) is 3.33. The van der Waals surface area contributed by atoms with E-state index in [9.17, 15) is 4.79 Å². The second kappa shape index (κ2) is 8.90. The van der Waals surface area contributed by atoms with Crippen LogP contribution in [0.2, 0.25) is 0 Å². The molecule has 0 atom stereocenters. The van der Waals surface area contributed by atoms with Crippen LogP contribution in [0.15, 0.2) is 48.7 Å². The number of nitrogens with zero attached hydrogens (tertiary/aromatic N) is 3. The summed E-state index contributed by atoms with van der Waals surface area (Å²) in [5, 5.41) is 7.77. The van der Waals surface area contributed by atoms with Gasteiger partial charge in [-0.15, -0.1) is 0 Å². The quantitative estimate of drug-likeness (QED) is 0.672. The van der Waals surface area contributed by atoms with E-state index in [-0.39, 0.29) is 12.5 Å². The monoisotopic (exact) mass is 390 g/mol. The summed E-state index contributed by atoms with van der Waals surface area (Å²) >= 11 is 0. The third-order valence-corrected chi connectivity index (χ3v) is 5.26. The number of rotatable bonds is 7. The number of benzene rings is 1. The van der Waals surface area contributed by atoms with E-state index in [4.69, 9.17) is 9.84 Å². The molecule has 0 saturated heterocycles. The van der Waals surface area contributed by atoms with Crippen LogP contribution in [-0.4, -0.2) is 33.8 Å². The minimum atomic E-state index is -0.126. The maximum Gasteiger partial charge on any atom is 0.258 e. The Kier molecular flexibility index (Phi) is 5.89. The molecule has 2 heterocycles. The lowest BCUT2D eigenvalue weighted by atomic mass is 9.95. The summed E-state index contributed by atoms with van der Waals surface area (Å²) in [4.78, 5) is 16.6. The number of aryl methyl sites for hydroxylation is 1. The maximum absolute atomic E-state index is 12.2. The van der Waals surface area contributed by atoms with Gasteiger partial charge < -0.3 is 10.1 Å². The van der Waals surface area contributed by atoms with Crippen molar-refractivity contribution in [2.24, 2.45) is 0 Å². The van der Waals surface area contributed by atoms with Gasteiger partial charge in [-0.05, 0) is 56.4 Å². The highest BCUT2D eigenvalue weighted by Crippen LogP contribution is 2.30. The molecule has 0 bridgehead atoms. The molecule has 2 aromatic heterocycles. The topological polar surface area (TPSA) is 69.0 Å².